The first-order valence-electron chi connectivity index (χ1n) is 12.1. The van der Waals surface area contributed by atoms with Gasteiger partial charge in [0.1, 0.15) is 11.5 Å². The monoisotopic (exact) mass is 404 g/mol. The second kappa shape index (κ2) is 15.3. The molecule has 0 fully saturated rings. The fourth-order valence-electron chi connectivity index (χ4n) is 4.09. The average molecular weight is 405 g/mol. The van der Waals surface area contributed by atoms with E-state index in [-0.39, 0.29) is 17.3 Å². The van der Waals surface area contributed by atoms with Gasteiger partial charge in [-0.2, -0.15) is 0 Å². The fraction of sp³-hybridized carbons (Fsp3) is 0.731. The number of Topliss-reactive ketones (excluding diaryl/α,β-unsaturated/α-hetero) is 1. The quantitative estimate of drug-likeness (QED) is 0.157. The van der Waals surface area contributed by atoms with Crippen molar-refractivity contribution >= 4 is 5.78 Å². The number of rotatable bonds is 17. The van der Waals surface area contributed by atoms with Gasteiger partial charge < -0.3 is 10.2 Å². The molecule has 0 saturated carbocycles. The van der Waals surface area contributed by atoms with E-state index in [2.05, 4.69) is 6.92 Å². The first-order valence-corrected chi connectivity index (χ1v) is 12.1. The highest BCUT2D eigenvalue weighted by Crippen LogP contribution is 2.34. The van der Waals surface area contributed by atoms with Gasteiger partial charge in [0.15, 0.2) is 5.78 Å². The average Bonchev–Trinajstić information content (AvgIpc) is 2.69. The molecule has 3 nitrogen and oxygen atoms in total. The molecule has 1 aromatic carbocycles. The molecule has 0 spiro atoms. The lowest BCUT2D eigenvalue weighted by atomic mass is 9.93. The highest BCUT2D eigenvalue weighted by Gasteiger charge is 2.20. The molecule has 3 heteroatoms. The third-order valence-electron chi connectivity index (χ3n) is 5.86. The number of benzene rings is 1. The number of phenolic OH excluding ortho intramolecular Hbond substituents is 2. The molecule has 0 radical (unpaired) electrons. The third kappa shape index (κ3) is 9.69. The molecule has 0 aromatic heterocycles. The molecule has 0 heterocycles. The summed E-state index contributed by atoms with van der Waals surface area (Å²) in [6.07, 6.45) is 18.5. The lowest BCUT2D eigenvalue weighted by Gasteiger charge is -2.14. The van der Waals surface area contributed by atoms with E-state index in [0.717, 1.165) is 19.3 Å². The van der Waals surface area contributed by atoms with E-state index in [1.165, 1.54) is 76.7 Å². The Bertz CT molecular complexity index is 592. The largest absolute Gasteiger partial charge is 0.507 e. The molecule has 1 rings (SSSR count). The van der Waals surface area contributed by atoms with Gasteiger partial charge in [0, 0.05) is 12.0 Å². The second-order valence-electron chi connectivity index (χ2n) is 8.58. The van der Waals surface area contributed by atoms with Crippen molar-refractivity contribution in [3.63, 3.8) is 0 Å². The van der Waals surface area contributed by atoms with Crippen molar-refractivity contribution in [2.24, 2.45) is 0 Å². The second-order valence-corrected chi connectivity index (χ2v) is 8.58. The van der Waals surface area contributed by atoms with Crippen molar-refractivity contribution in [2.75, 3.05) is 0 Å². The van der Waals surface area contributed by atoms with Crippen LogP contribution in [-0.4, -0.2) is 16.0 Å². The van der Waals surface area contributed by atoms with Crippen molar-refractivity contribution in [3.8, 4) is 11.5 Å². The lowest BCUT2D eigenvalue weighted by Crippen LogP contribution is -2.06. The first kappa shape index (κ1) is 25.5. The number of carbonyl (C=O) groups is 1. The number of carbonyl (C=O) groups excluding carboxylic acids is 1. The topological polar surface area (TPSA) is 57.5 Å². The van der Waals surface area contributed by atoms with Crippen LogP contribution in [0, 0.1) is 6.92 Å². The molecular formula is C26H44O3. The van der Waals surface area contributed by atoms with E-state index in [1.54, 1.807) is 6.92 Å². The van der Waals surface area contributed by atoms with Crippen LogP contribution in [0.25, 0.3) is 0 Å². The molecule has 0 unspecified atom stereocenters. The Kier molecular flexibility index (Phi) is 13.5. The van der Waals surface area contributed by atoms with Gasteiger partial charge in [-0.15, -0.1) is 0 Å². The predicted octanol–water partition coefficient (Wildman–Crippen LogP) is 8.02. The summed E-state index contributed by atoms with van der Waals surface area (Å²) in [6, 6.07) is 1.51. The van der Waals surface area contributed by atoms with Gasteiger partial charge in [-0.05, 0) is 31.4 Å². The van der Waals surface area contributed by atoms with Crippen LogP contribution in [0.15, 0.2) is 6.07 Å². The summed E-state index contributed by atoms with van der Waals surface area (Å²) < 4.78 is 0. The fourth-order valence-corrected chi connectivity index (χ4v) is 4.09. The summed E-state index contributed by atoms with van der Waals surface area (Å²) in [5, 5.41) is 20.6. The highest BCUT2D eigenvalue weighted by atomic mass is 16.3. The van der Waals surface area contributed by atoms with Crippen LogP contribution in [0.5, 0.6) is 11.5 Å². The Hall–Kier alpha value is -1.51. The van der Waals surface area contributed by atoms with Crippen molar-refractivity contribution in [1.29, 1.82) is 0 Å². The molecule has 0 atom stereocenters. The number of aromatic hydroxyl groups is 2. The summed E-state index contributed by atoms with van der Waals surface area (Å²) in [4.78, 5) is 12.7. The van der Waals surface area contributed by atoms with Gasteiger partial charge >= 0.3 is 0 Å². The number of phenols is 2. The van der Waals surface area contributed by atoms with Gasteiger partial charge in [0.05, 0.1) is 5.56 Å². The number of hydrogen-bond donors (Lipinski definition) is 2. The molecule has 0 aliphatic carbocycles. The van der Waals surface area contributed by atoms with E-state index >= 15 is 0 Å². The van der Waals surface area contributed by atoms with Crippen LogP contribution in [0.3, 0.4) is 0 Å². The van der Waals surface area contributed by atoms with Crippen LogP contribution in [0.4, 0.5) is 0 Å². The van der Waals surface area contributed by atoms with Crippen molar-refractivity contribution in [1.82, 2.24) is 0 Å². The molecule has 0 bridgehead atoms. The summed E-state index contributed by atoms with van der Waals surface area (Å²) in [7, 11) is 0. The van der Waals surface area contributed by atoms with E-state index in [9.17, 15) is 15.0 Å². The lowest BCUT2D eigenvalue weighted by molar-refractivity contribution is 0.0975. The van der Waals surface area contributed by atoms with Gasteiger partial charge in [-0.25, -0.2) is 0 Å². The number of hydrogen-bond acceptors (Lipinski definition) is 3. The first-order chi connectivity index (χ1) is 14.0. The van der Waals surface area contributed by atoms with Gasteiger partial charge in [-0.1, -0.05) is 97.3 Å². The minimum absolute atomic E-state index is 0.0171. The molecule has 0 amide bonds. The Labute approximate surface area is 178 Å². The van der Waals surface area contributed by atoms with Crippen LogP contribution in [-0.2, 0) is 6.42 Å². The molecule has 1 aromatic rings. The number of unbranched alkanes of at least 4 members (excludes halogenated alkanes) is 12. The Morgan fingerprint density at radius 2 is 1.24 bits per heavy atom. The highest BCUT2D eigenvalue weighted by molar-refractivity contribution is 6.00. The molecule has 0 aliphatic heterocycles. The van der Waals surface area contributed by atoms with Crippen LogP contribution >= 0.6 is 0 Å². The van der Waals surface area contributed by atoms with E-state index in [1.807, 2.05) is 6.92 Å². The van der Waals surface area contributed by atoms with Crippen LogP contribution in [0.2, 0.25) is 0 Å². The van der Waals surface area contributed by atoms with E-state index < -0.39 is 0 Å². The van der Waals surface area contributed by atoms with E-state index in [0.29, 0.717) is 29.5 Å². The van der Waals surface area contributed by atoms with Gasteiger partial charge in [-0.3, -0.25) is 4.79 Å². The maximum absolute atomic E-state index is 12.7. The molecule has 2 N–H and O–H groups in total. The SMILES string of the molecule is CCCCCCCCCCCCCCCC(=O)c1c(O)cc(C)c(O)c1CCC. The summed E-state index contributed by atoms with van der Waals surface area (Å²) >= 11 is 0. The maximum atomic E-state index is 12.7. The molecule has 29 heavy (non-hydrogen) atoms. The van der Waals surface area contributed by atoms with Gasteiger partial charge in [0.25, 0.3) is 0 Å². The molecule has 166 valence electrons. The zero-order valence-corrected chi connectivity index (χ0v) is 19.2. The van der Waals surface area contributed by atoms with Crippen molar-refractivity contribution in [3.05, 3.63) is 22.8 Å². The maximum Gasteiger partial charge on any atom is 0.167 e. The Morgan fingerprint density at radius 1 is 0.759 bits per heavy atom. The Balaban J connectivity index is 2.21. The molecular weight excluding hydrogens is 360 g/mol. The predicted molar refractivity (Wildman–Crippen MR) is 123 cm³/mol. The smallest absolute Gasteiger partial charge is 0.167 e. The summed E-state index contributed by atoms with van der Waals surface area (Å²) in [5.74, 6) is 0.145. The summed E-state index contributed by atoms with van der Waals surface area (Å²) in [5.41, 5.74) is 1.59. The minimum Gasteiger partial charge on any atom is -0.507 e. The zero-order valence-electron chi connectivity index (χ0n) is 19.2. The standard InChI is InChI=1S/C26H44O3/c1-4-6-7-8-9-10-11-12-13-14-15-16-17-19-23(27)25-22(18-5-2)26(29)21(3)20-24(25)28/h20,28-29H,4-19H2,1-3H3. The van der Waals surface area contributed by atoms with E-state index in [4.69, 9.17) is 0 Å². The van der Waals surface area contributed by atoms with Crippen LogP contribution < -0.4 is 0 Å². The van der Waals surface area contributed by atoms with Crippen molar-refractivity contribution < 1.29 is 15.0 Å². The molecule has 0 saturated heterocycles. The molecule has 0 aliphatic rings. The zero-order chi connectivity index (χ0) is 21.5. The summed E-state index contributed by atoms with van der Waals surface area (Å²) in [6.45, 7) is 6.03. The number of ketones is 1. The number of aryl methyl sites for hydroxylation is 1. The minimum atomic E-state index is -0.0377. The van der Waals surface area contributed by atoms with Crippen molar-refractivity contribution in [2.45, 2.75) is 124 Å². The normalized spacial score (nSPS) is 11.1. The Morgan fingerprint density at radius 3 is 1.72 bits per heavy atom. The third-order valence-corrected chi connectivity index (χ3v) is 5.86. The van der Waals surface area contributed by atoms with Crippen LogP contribution in [0.1, 0.15) is 132 Å². The van der Waals surface area contributed by atoms with Gasteiger partial charge in [0.2, 0.25) is 0 Å².